The van der Waals surface area contributed by atoms with Gasteiger partial charge in [0.05, 0.1) is 0 Å². The first-order valence-electron chi connectivity index (χ1n) is 7.25. The number of aryl methyl sites for hydroxylation is 2. The summed E-state index contributed by atoms with van der Waals surface area (Å²) in [5, 5.41) is 9.36. The maximum Gasteiger partial charge on any atom is 0.312 e. The first-order valence-corrected chi connectivity index (χ1v) is 7.25. The zero-order chi connectivity index (χ0) is 15.9. The summed E-state index contributed by atoms with van der Waals surface area (Å²) in [6, 6.07) is 8.83. The highest BCUT2D eigenvalue weighted by atomic mass is 16.4. The number of carboxylic acid groups (broad SMARTS) is 1. The molecular weight excluding hydrogens is 282 g/mol. The van der Waals surface area contributed by atoms with E-state index in [0.29, 0.717) is 17.7 Å². The molecule has 1 aliphatic heterocycles. The number of aliphatic carboxylic acids is 1. The molecule has 2 heterocycles. The molecule has 1 amide bonds. The molecule has 0 spiro atoms. The van der Waals surface area contributed by atoms with Crippen molar-refractivity contribution in [2.45, 2.75) is 26.2 Å². The van der Waals surface area contributed by atoms with E-state index >= 15 is 0 Å². The molecule has 1 atom stereocenters. The number of anilines is 1. The third-order valence-electron chi connectivity index (χ3n) is 4.06. The van der Waals surface area contributed by atoms with Gasteiger partial charge in [-0.3, -0.25) is 9.59 Å². The van der Waals surface area contributed by atoms with E-state index < -0.39 is 11.9 Å². The van der Waals surface area contributed by atoms with Crippen LogP contribution in [0.15, 0.2) is 34.7 Å². The Hall–Kier alpha value is -2.56. The van der Waals surface area contributed by atoms with Crippen LogP contribution >= 0.6 is 0 Å². The summed E-state index contributed by atoms with van der Waals surface area (Å²) >= 11 is 0. The zero-order valence-corrected chi connectivity index (χ0v) is 12.5. The number of nitrogens with zero attached hydrogens (tertiary/aromatic N) is 1. The fourth-order valence-electron chi connectivity index (χ4n) is 2.92. The summed E-state index contributed by atoms with van der Waals surface area (Å²) in [4.78, 5) is 25.6. The molecular formula is C17H17NO4. The number of hydrogen-bond donors (Lipinski definition) is 1. The molecule has 0 radical (unpaired) electrons. The van der Waals surface area contributed by atoms with Crippen molar-refractivity contribution >= 4 is 17.6 Å². The summed E-state index contributed by atoms with van der Waals surface area (Å²) in [5.74, 6) is -0.866. The van der Waals surface area contributed by atoms with Crippen LogP contribution < -0.4 is 4.90 Å². The van der Waals surface area contributed by atoms with E-state index in [1.807, 2.05) is 13.8 Å². The van der Waals surface area contributed by atoms with Crippen molar-refractivity contribution in [1.29, 1.82) is 0 Å². The van der Waals surface area contributed by atoms with Crippen LogP contribution in [0.3, 0.4) is 0 Å². The van der Waals surface area contributed by atoms with Gasteiger partial charge < -0.3 is 14.4 Å². The maximum absolute atomic E-state index is 12.7. The zero-order valence-electron chi connectivity index (χ0n) is 12.5. The molecule has 1 aliphatic rings. The molecule has 1 N–H and O–H groups in total. The first-order chi connectivity index (χ1) is 10.5. The Kier molecular flexibility index (Phi) is 3.48. The van der Waals surface area contributed by atoms with Crippen LogP contribution in [0.4, 0.5) is 5.69 Å². The van der Waals surface area contributed by atoms with Crippen molar-refractivity contribution in [1.82, 2.24) is 0 Å². The van der Waals surface area contributed by atoms with Gasteiger partial charge in [-0.05, 0) is 30.2 Å². The SMILES string of the molecule is CCc1oc(C(=O)N2C[C@H](C(=O)O)c3ccccc32)cc1C. The van der Waals surface area contributed by atoms with Crippen LogP contribution in [0.2, 0.25) is 0 Å². The van der Waals surface area contributed by atoms with Crippen LogP contribution in [-0.4, -0.2) is 23.5 Å². The first kappa shape index (κ1) is 14.4. The van der Waals surface area contributed by atoms with Crippen molar-refractivity contribution in [3.63, 3.8) is 0 Å². The number of fused-ring (bicyclic) bond motifs is 1. The quantitative estimate of drug-likeness (QED) is 0.945. The van der Waals surface area contributed by atoms with Gasteiger partial charge in [-0.25, -0.2) is 0 Å². The summed E-state index contributed by atoms with van der Waals surface area (Å²) in [7, 11) is 0. The molecule has 5 heteroatoms. The molecule has 1 aromatic heterocycles. The smallest absolute Gasteiger partial charge is 0.312 e. The van der Waals surface area contributed by atoms with Gasteiger partial charge in [0.25, 0.3) is 5.91 Å². The molecule has 114 valence electrons. The molecule has 2 aromatic rings. The van der Waals surface area contributed by atoms with Crippen molar-refractivity contribution in [2.75, 3.05) is 11.4 Å². The van der Waals surface area contributed by atoms with Crippen LogP contribution in [0.5, 0.6) is 0 Å². The lowest BCUT2D eigenvalue weighted by Crippen LogP contribution is -2.30. The van der Waals surface area contributed by atoms with Gasteiger partial charge in [0.1, 0.15) is 11.7 Å². The number of benzene rings is 1. The minimum Gasteiger partial charge on any atom is -0.481 e. The molecule has 22 heavy (non-hydrogen) atoms. The summed E-state index contributed by atoms with van der Waals surface area (Å²) in [6.45, 7) is 4.00. The second-order valence-electron chi connectivity index (χ2n) is 5.44. The molecule has 0 unspecified atom stereocenters. The van der Waals surface area contributed by atoms with Gasteiger partial charge >= 0.3 is 5.97 Å². The van der Waals surface area contributed by atoms with Gasteiger partial charge in [-0.2, -0.15) is 0 Å². The Morgan fingerprint density at radius 3 is 2.73 bits per heavy atom. The highest BCUT2D eigenvalue weighted by Crippen LogP contribution is 2.37. The van der Waals surface area contributed by atoms with Gasteiger partial charge in [0.2, 0.25) is 0 Å². The number of carbonyl (C=O) groups excluding carboxylic acids is 1. The van der Waals surface area contributed by atoms with Crippen LogP contribution in [0.25, 0.3) is 0 Å². The fraction of sp³-hybridized carbons (Fsp3) is 0.294. The van der Waals surface area contributed by atoms with Crippen LogP contribution in [0.1, 0.15) is 40.3 Å². The Morgan fingerprint density at radius 1 is 1.36 bits per heavy atom. The topological polar surface area (TPSA) is 70.8 Å². The molecule has 3 rings (SSSR count). The van der Waals surface area contributed by atoms with E-state index in [-0.39, 0.29) is 18.2 Å². The number of carbonyl (C=O) groups is 2. The van der Waals surface area contributed by atoms with E-state index in [0.717, 1.165) is 11.3 Å². The second kappa shape index (κ2) is 5.33. The van der Waals surface area contributed by atoms with E-state index in [1.165, 1.54) is 4.90 Å². The van der Waals surface area contributed by atoms with Crippen molar-refractivity contribution in [3.05, 3.63) is 53.0 Å². The molecule has 0 fully saturated rings. The summed E-state index contributed by atoms with van der Waals surface area (Å²) < 4.78 is 5.61. The Bertz CT molecular complexity index is 747. The van der Waals surface area contributed by atoms with E-state index in [2.05, 4.69) is 0 Å². The lowest BCUT2D eigenvalue weighted by Gasteiger charge is -2.15. The Labute approximate surface area is 128 Å². The number of furan rings is 1. The van der Waals surface area contributed by atoms with E-state index in [4.69, 9.17) is 4.42 Å². The van der Waals surface area contributed by atoms with Crippen molar-refractivity contribution in [3.8, 4) is 0 Å². The molecule has 0 saturated heterocycles. The van der Waals surface area contributed by atoms with Crippen LogP contribution in [0, 0.1) is 6.92 Å². The normalized spacial score (nSPS) is 16.6. The predicted octanol–water partition coefficient (Wildman–Crippen LogP) is 2.98. The molecule has 0 bridgehead atoms. The lowest BCUT2D eigenvalue weighted by molar-refractivity contribution is -0.138. The fourth-order valence-corrected chi connectivity index (χ4v) is 2.92. The molecule has 5 nitrogen and oxygen atoms in total. The van der Waals surface area contributed by atoms with Gasteiger partial charge in [0, 0.05) is 18.7 Å². The third-order valence-corrected chi connectivity index (χ3v) is 4.06. The number of amides is 1. The maximum atomic E-state index is 12.7. The standard InChI is InChI=1S/C17H17NO4/c1-3-14-10(2)8-15(22-14)16(19)18-9-12(17(20)21)11-6-4-5-7-13(11)18/h4-8,12H,3,9H2,1-2H3,(H,20,21)/t12-/m0/s1. The van der Waals surface area contributed by atoms with Crippen molar-refractivity contribution in [2.24, 2.45) is 0 Å². The van der Waals surface area contributed by atoms with Crippen LogP contribution in [-0.2, 0) is 11.2 Å². The number of para-hydroxylation sites is 1. The minimum absolute atomic E-state index is 0.134. The average Bonchev–Trinajstić information content (AvgIpc) is 3.07. The Morgan fingerprint density at radius 2 is 2.09 bits per heavy atom. The highest BCUT2D eigenvalue weighted by Gasteiger charge is 2.37. The second-order valence-corrected chi connectivity index (χ2v) is 5.44. The Balaban J connectivity index is 1.98. The van der Waals surface area contributed by atoms with Crippen molar-refractivity contribution < 1.29 is 19.1 Å². The van der Waals surface area contributed by atoms with Gasteiger partial charge in [-0.15, -0.1) is 0 Å². The lowest BCUT2D eigenvalue weighted by atomic mass is 10.0. The highest BCUT2D eigenvalue weighted by molar-refractivity contribution is 6.07. The van der Waals surface area contributed by atoms with E-state index in [9.17, 15) is 14.7 Å². The molecule has 1 aromatic carbocycles. The largest absolute Gasteiger partial charge is 0.481 e. The molecule has 0 aliphatic carbocycles. The predicted molar refractivity (Wildman–Crippen MR) is 81.3 cm³/mol. The summed E-state index contributed by atoms with van der Waals surface area (Å²) in [6.07, 6.45) is 0.716. The number of rotatable bonds is 3. The monoisotopic (exact) mass is 299 g/mol. The third kappa shape index (κ3) is 2.19. The van der Waals surface area contributed by atoms with E-state index in [1.54, 1.807) is 30.3 Å². The van der Waals surface area contributed by atoms with Gasteiger partial charge in [-0.1, -0.05) is 25.1 Å². The average molecular weight is 299 g/mol. The number of hydrogen-bond acceptors (Lipinski definition) is 3. The number of carboxylic acids is 1. The minimum atomic E-state index is -0.923. The summed E-state index contributed by atoms with van der Waals surface area (Å²) in [5.41, 5.74) is 2.25. The van der Waals surface area contributed by atoms with Gasteiger partial charge in [0.15, 0.2) is 5.76 Å². The molecule has 0 saturated carbocycles.